The van der Waals surface area contributed by atoms with Gasteiger partial charge in [-0.3, -0.25) is 9.69 Å². The summed E-state index contributed by atoms with van der Waals surface area (Å²) in [5, 5.41) is 0. The van der Waals surface area contributed by atoms with Gasteiger partial charge in [-0.2, -0.15) is 0 Å². The van der Waals surface area contributed by atoms with E-state index in [0.29, 0.717) is 45.9 Å². The first-order chi connectivity index (χ1) is 17.5. The van der Waals surface area contributed by atoms with Crippen molar-refractivity contribution in [2.75, 3.05) is 19.8 Å². The fourth-order valence-electron chi connectivity index (χ4n) is 3.70. The maximum absolute atomic E-state index is 13.5. The smallest absolute Gasteiger partial charge is 0.333 e. The van der Waals surface area contributed by atoms with Crippen LogP contribution in [-0.2, 0) is 14.3 Å². The van der Waals surface area contributed by atoms with Crippen molar-refractivity contribution < 1.29 is 23.8 Å². The molecule has 0 bridgehead atoms. The molecule has 1 saturated heterocycles. The molecule has 6 nitrogen and oxygen atoms in total. The molecule has 0 N–H and O–H groups in total. The van der Waals surface area contributed by atoms with E-state index in [1.807, 2.05) is 50.2 Å². The highest BCUT2D eigenvalue weighted by Gasteiger charge is 2.42. The van der Waals surface area contributed by atoms with Crippen LogP contribution in [-0.4, -0.2) is 40.9 Å². The summed E-state index contributed by atoms with van der Waals surface area (Å²) in [6, 6.07) is 13.8. The number of thioether (sulfide) groups is 1. The third-order valence-corrected chi connectivity index (χ3v) is 6.77. The van der Waals surface area contributed by atoms with Gasteiger partial charge in [0.1, 0.15) is 4.32 Å². The van der Waals surface area contributed by atoms with Crippen LogP contribution in [0.3, 0.4) is 0 Å². The number of hydrogen-bond acceptors (Lipinski definition) is 7. The van der Waals surface area contributed by atoms with Gasteiger partial charge < -0.3 is 14.2 Å². The molecule has 8 heteroatoms. The minimum Gasteiger partial charge on any atom is -0.490 e. The lowest BCUT2D eigenvalue weighted by atomic mass is 10.1. The van der Waals surface area contributed by atoms with Gasteiger partial charge in [0, 0.05) is 0 Å². The molecule has 1 aliphatic heterocycles. The number of nitrogens with zero attached hydrogens (tertiary/aromatic N) is 1. The summed E-state index contributed by atoms with van der Waals surface area (Å²) >= 11 is 6.72. The lowest BCUT2D eigenvalue weighted by Crippen LogP contribution is -2.38. The number of hydrogen-bond donors (Lipinski definition) is 0. The molecule has 0 aliphatic carbocycles. The summed E-state index contributed by atoms with van der Waals surface area (Å²) in [6.45, 7) is 7.39. The van der Waals surface area contributed by atoms with Gasteiger partial charge in [-0.1, -0.05) is 87.1 Å². The monoisotopic (exact) mass is 527 g/mol. The number of thiocarbonyl (C=S) groups is 1. The summed E-state index contributed by atoms with van der Waals surface area (Å²) < 4.78 is 17.4. The van der Waals surface area contributed by atoms with Gasteiger partial charge in [-0.15, -0.1) is 0 Å². The van der Waals surface area contributed by atoms with Gasteiger partial charge in [0.05, 0.1) is 24.7 Å². The Morgan fingerprint density at radius 2 is 1.78 bits per heavy atom. The number of esters is 1. The van der Waals surface area contributed by atoms with Gasteiger partial charge in [-0.05, 0) is 49.1 Å². The minimum absolute atomic E-state index is 0.278. The van der Waals surface area contributed by atoms with E-state index < -0.39 is 12.0 Å². The summed E-state index contributed by atoms with van der Waals surface area (Å²) in [6.07, 6.45) is 5.67. The Hall–Kier alpha value is -2.84. The zero-order valence-electron chi connectivity index (χ0n) is 21.0. The molecule has 192 valence electrons. The maximum atomic E-state index is 13.5. The minimum atomic E-state index is -0.936. The summed E-state index contributed by atoms with van der Waals surface area (Å²) in [7, 11) is 0. The zero-order valence-corrected chi connectivity index (χ0v) is 22.7. The normalized spacial score (nSPS) is 15.3. The predicted molar refractivity (Wildman–Crippen MR) is 148 cm³/mol. The second kappa shape index (κ2) is 14.0. The van der Waals surface area contributed by atoms with E-state index in [1.54, 1.807) is 18.2 Å². The molecule has 2 aromatic rings. The lowest BCUT2D eigenvalue weighted by molar-refractivity contribution is -0.151. The summed E-state index contributed by atoms with van der Waals surface area (Å²) in [5.41, 5.74) is 1.43. The maximum Gasteiger partial charge on any atom is 0.333 e. The van der Waals surface area contributed by atoms with Crippen LogP contribution in [0.5, 0.6) is 11.5 Å². The highest BCUT2D eigenvalue weighted by Crippen LogP contribution is 2.39. The predicted octanol–water partition coefficient (Wildman–Crippen LogP) is 6.55. The highest BCUT2D eigenvalue weighted by atomic mass is 32.2. The largest absolute Gasteiger partial charge is 0.490 e. The number of carbonyl (C=O) groups excluding carboxylic acids is 2. The Kier molecular flexibility index (Phi) is 10.8. The van der Waals surface area contributed by atoms with Crippen LogP contribution in [0.4, 0.5) is 0 Å². The van der Waals surface area contributed by atoms with Crippen molar-refractivity contribution in [2.45, 2.75) is 52.5 Å². The number of amides is 1. The number of rotatable bonds is 13. The van der Waals surface area contributed by atoms with E-state index >= 15 is 0 Å². The van der Waals surface area contributed by atoms with Crippen LogP contribution in [0.2, 0.25) is 0 Å². The Balaban J connectivity index is 1.86. The Labute approximate surface area is 223 Å². The Morgan fingerprint density at radius 3 is 2.47 bits per heavy atom. The van der Waals surface area contributed by atoms with Crippen molar-refractivity contribution in [2.24, 2.45) is 0 Å². The second-order valence-electron chi connectivity index (χ2n) is 8.23. The molecule has 0 saturated carbocycles. The molecule has 1 heterocycles. The van der Waals surface area contributed by atoms with Gasteiger partial charge in [-0.25, -0.2) is 4.79 Å². The van der Waals surface area contributed by atoms with Crippen molar-refractivity contribution in [1.82, 2.24) is 4.90 Å². The molecule has 1 aliphatic rings. The van der Waals surface area contributed by atoms with E-state index in [1.165, 1.54) is 16.7 Å². The van der Waals surface area contributed by atoms with Crippen LogP contribution in [0.15, 0.2) is 53.4 Å². The van der Waals surface area contributed by atoms with Gasteiger partial charge in [0.25, 0.3) is 5.91 Å². The van der Waals surface area contributed by atoms with Crippen LogP contribution >= 0.6 is 24.0 Å². The van der Waals surface area contributed by atoms with E-state index in [2.05, 4.69) is 6.92 Å². The van der Waals surface area contributed by atoms with Crippen molar-refractivity contribution in [3.8, 4) is 11.5 Å². The standard InChI is InChI=1S/C28H33NO5S2/c1-4-7-11-17-33-22-15-14-20(18-23(22)32-6-3)19-24-26(30)29(28(35)36-24)25(27(31)34-16-5-2)21-12-9-8-10-13-21/h8-10,12-15,18-19,25H,4-7,11,16-17H2,1-3H3/b24-19-. The quantitative estimate of drug-likeness (QED) is 0.127. The molecule has 1 fully saturated rings. The molecule has 1 amide bonds. The van der Waals surface area contributed by atoms with E-state index in [0.717, 1.165) is 24.8 Å². The fraction of sp³-hybridized carbons (Fsp3) is 0.393. The topological polar surface area (TPSA) is 65.1 Å². The molecular formula is C28H33NO5S2. The van der Waals surface area contributed by atoms with Crippen LogP contribution in [0, 0.1) is 0 Å². The van der Waals surface area contributed by atoms with E-state index in [9.17, 15) is 9.59 Å². The van der Waals surface area contributed by atoms with Crippen LogP contribution in [0.1, 0.15) is 63.6 Å². The number of carbonyl (C=O) groups is 2. The first kappa shape index (κ1) is 27.7. The number of benzene rings is 2. The molecule has 0 aromatic heterocycles. The molecule has 3 rings (SSSR count). The first-order valence-electron chi connectivity index (χ1n) is 12.4. The third-order valence-electron chi connectivity index (χ3n) is 5.44. The van der Waals surface area contributed by atoms with Gasteiger partial charge >= 0.3 is 5.97 Å². The van der Waals surface area contributed by atoms with Gasteiger partial charge in [0.15, 0.2) is 17.5 Å². The van der Waals surface area contributed by atoms with Crippen molar-refractivity contribution in [3.05, 3.63) is 64.6 Å². The van der Waals surface area contributed by atoms with Crippen molar-refractivity contribution in [1.29, 1.82) is 0 Å². The van der Waals surface area contributed by atoms with Crippen LogP contribution in [0.25, 0.3) is 6.08 Å². The number of unbranched alkanes of at least 4 members (excludes halogenated alkanes) is 2. The molecule has 2 aromatic carbocycles. The molecule has 36 heavy (non-hydrogen) atoms. The highest BCUT2D eigenvalue weighted by molar-refractivity contribution is 8.26. The third kappa shape index (κ3) is 7.11. The summed E-state index contributed by atoms with van der Waals surface area (Å²) in [4.78, 5) is 28.3. The second-order valence-corrected chi connectivity index (χ2v) is 9.90. The van der Waals surface area contributed by atoms with E-state index in [4.69, 9.17) is 26.4 Å². The molecule has 1 unspecified atom stereocenters. The summed E-state index contributed by atoms with van der Waals surface area (Å²) in [5.74, 6) is 0.484. The molecule has 1 atom stereocenters. The Morgan fingerprint density at radius 1 is 1.00 bits per heavy atom. The molecular weight excluding hydrogens is 494 g/mol. The van der Waals surface area contributed by atoms with Crippen molar-refractivity contribution in [3.63, 3.8) is 0 Å². The zero-order chi connectivity index (χ0) is 25.9. The Bertz CT molecular complexity index is 1090. The first-order valence-corrected chi connectivity index (χ1v) is 13.6. The number of ether oxygens (including phenoxy) is 3. The average Bonchev–Trinajstić information content (AvgIpc) is 3.15. The van der Waals surface area contributed by atoms with Crippen molar-refractivity contribution >= 4 is 46.3 Å². The average molecular weight is 528 g/mol. The SMILES string of the molecule is CCCCCOc1ccc(/C=C2\SC(=S)N(C(C(=O)OCCC)c3ccccc3)C2=O)cc1OCC. The van der Waals surface area contributed by atoms with E-state index in [-0.39, 0.29) is 12.5 Å². The lowest BCUT2D eigenvalue weighted by Gasteiger charge is -2.25. The fourth-order valence-corrected chi connectivity index (χ4v) is 5.01. The van der Waals surface area contributed by atoms with Crippen LogP contribution < -0.4 is 9.47 Å². The molecule has 0 radical (unpaired) electrons. The molecule has 0 spiro atoms. The van der Waals surface area contributed by atoms with Gasteiger partial charge in [0.2, 0.25) is 0 Å².